The number of aliphatic carboxylic acids is 1. The smallest absolute Gasteiger partial charge is 0.307 e. The fraction of sp³-hybridized carbons (Fsp3) is 0.462. The van der Waals surface area contributed by atoms with Crippen molar-refractivity contribution in [1.29, 1.82) is 0 Å². The molecule has 5 heteroatoms. The van der Waals surface area contributed by atoms with Crippen LogP contribution in [-0.2, 0) is 16.0 Å². The Bertz CT molecular complexity index is 435. The van der Waals surface area contributed by atoms with E-state index in [0.29, 0.717) is 13.0 Å². The summed E-state index contributed by atoms with van der Waals surface area (Å²) in [6.07, 6.45) is -0.296. The molecule has 1 aliphatic rings. The number of hydrogen-bond donors (Lipinski definition) is 2. The minimum absolute atomic E-state index is 0.227. The molecule has 1 fully saturated rings. The lowest BCUT2D eigenvalue weighted by atomic mass is 9.85. The second-order valence-electron chi connectivity index (χ2n) is 4.51. The van der Waals surface area contributed by atoms with Gasteiger partial charge in [-0.15, -0.1) is 0 Å². The fourth-order valence-electron chi connectivity index (χ4n) is 2.27. The highest BCUT2D eigenvalue weighted by molar-refractivity contribution is 9.10. The van der Waals surface area contributed by atoms with Gasteiger partial charge in [0.2, 0.25) is 0 Å². The third kappa shape index (κ3) is 2.91. The molecule has 2 rings (SSSR count). The summed E-state index contributed by atoms with van der Waals surface area (Å²) in [4.78, 5) is 11.4. The number of benzene rings is 1. The zero-order chi connectivity index (χ0) is 13.1. The zero-order valence-corrected chi connectivity index (χ0v) is 11.3. The van der Waals surface area contributed by atoms with Crippen LogP contribution in [0.15, 0.2) is 28.7 Å². The van der Waals surface area contributed by atoms with Crippen LogP contribution in [0.4, 0.5) is 0 Å². The van der Waals surface area contributed by atoms with E-state index in [4.69, 9.17) is 4.74 Å². The van der Waals surface area contributed by atoms with Crippen molar-refractivity contribution in [2.75, 3.05) is 13.2 Å². The Labute approximate surface area is 114 Å². The first-order chi connectivity index (χ1) is 8.59. The lowest BCUT2D eigenvalue weighted by Gasteiger charge is -2.21. The molecular formula is C13H15BrO4. The molecule has 1 saturated heterocycles. The number of halogens is 1. The van der Waals surface area contributed by atoms with Crippen molar-refractivity contribution < 1.29 is 19.7 Å². The van der Waals surface area contributed by atoms with Crippen LogP contribution in [0, 0.1) is 11.8 Å². The standard InChI is InChI=1S/C13H15BrO4/c14-11-4-2-1-3-8(11)5-9(13(16)17)10-6-18-7-12(10)15/h1-4,9-10,12,15H,5-7H2,(H,16,17). The van der Waals surface area contributed by atoms with Crippen molar-refractivity contribution >= 4 is 21.9 Å². The summed E-state index contributed by atoms with van der Waals surface area (Å²) in [5.41, 5.74) is 0.934. The van der Waals surface area contributed by atoms with Crippen LogP contribution in [0.25, 0.3) is 0 Å². The predicted octanol–water partition coefficient (Wildman–Crippen LogP) is 1.70. The summed E-state index contributed by atoms with van der Waals surface area (Å²) in [5.74, 6) is -1.85. The van der Waals surface area contributed by atoms with Crippen LogP contribution < -0.4 is 0 Å². The molecule has 1 aromatic carbocycles. The Balaban J connectivity index is 2.17. The molecule has 0 radical (unpaired) electrons. The van der Waals surface area contributed by atoms with Gasteiger partial charge in [-0.25, -0.2) is 0 Å². The molecule has 0 saturated carbocycles. The maximum atomic E-state index is 11.4. The Morgan fingerprint density at radius 2 is 2.17 bits per heavy atom. The Kier molecular flexibility index (Phi) is 4.37. The summed E-state index contributed by atoms with van der Waals surface area (Å²) in [6, 6.07) is 7.54. The van der Waals surface area contributed by atoms with Crippen LogP contribution in [0.3, 0.4) is 0 Å². The topological polar surface area (TPSA) is 66.8 Å². The average molecular weight is 315 g/mol. The molecule has 98 valence electrons. The first-order valence-electron chi connectivity index (χ1n) is 5.81. The van der Waals surface area contributed by atoms with Gasteiger partial charge in [-0.2, -0.15) is 0 Å². The van der Waals surface area contributed by atoms with E-state index in [0.717, 1.165) is 10.0 Å². The maximum absolute atomic E-state index is 11.4. The van der Waals surface area contributed by atoms with E-state index < -0.39 is 18.0 Å². The quantitative estimate of drug-likeness (QED) is 0.887. The van der Waals surface area contributed by atoms with Crippen LogP contribution in [0.2, 0.25) is 0 Å². The summed E-state index contributed by atoms with van der Waals surface area (Å²) in [7, 11) is 0. The monoisotopic (exact) mass is 314 g/mol. The highest BCUT2D eigenvalue weighted by Crippen LogP contribution is 2.28. The number of carboxylic acid groups (broad SMARTS) is 1. The van der Waals surface area contributed by atoms with E-state index in [1.807, 2.05) is 24.3 Å². The SMILES string of the molecule is O=C(O)C(Cc1ccccc1Br)C1COCC1O. The van der Waals surface area contributed by atoms with Crippen LogP contribution in [0.1, 0.15) is 5.56 Å². The first kappa shape index (κ1) is 13.5. The molecule has 3 unspecified atom stereocenters. The highest BCUT2D eigenvalue weighted by atomic mass is 79.9. The molecule has 2 N–H and O–H groups in total. The molecule has 3 atom stereocenters. The molecule has 1 aliphatic heterocycles. The summed E-state index contributed by atoms with van der Waals surface area (Å²) in [6.45, 7) is 0.535. The minimum Gasteiger partial charge on any atom is -0.481 e. The van der Waals surface area contributed by atoms with Crippen LogP contribution >= 0.6 is 15.9 Å². The molecule has 18 heavy (non-hydrogen) atoms. The van der Waals surface area contributed by atoms with E-state index in [1.165, 1.54) is 0 Å². The van der Waals surface area contributed by atoms with Crippen LogP contribution in [-0.4, -0.2) is 35.5 Å². The van der Waals surface area contributed by atoms with Gasteiger partial charge < -0.3 is 14.9 Å². The van der Waals surface area contributed by atoms with Gasteiger partial charge in [-0.05, 0) is 18.1 Å². The van der Waals surface area contributed by atoms with Crippen molar-refractivity contribution in [1.82, 2.24) is 0 Å². The fourth-order valence-corrected chi connectivity index (χ4v) is 2.71. The van der Waals surface area contributed by atoms with Crippen molar-refractivity contribution in [3.63, 3.8) is 0 Å². The van der Waals surface area contributed by atoms with Gasteiger partial charge in [-0.3, -0.25) is 4.79 Å². The number of hydrogen-bond acceptors (Lipinski definition) is 3. The third-order valence-corrected chi connectivity index (χ3v) is 4.10. The van der Waals surface area contributed by atoms with Crippen LogP contribution in [0.5, 0.6) is 0 Å². The van der Waals surface area contributed by atoms with Gasteiger partial charge in [0.25, 0.3) is 0 Å². The predicted molar refractivity (Wildman–Crippen MR) is 69.3 cm³/mol. The molecule has 1 aromatic rings. The van der Waals surface area contributed by atoms with E-state index in [1.54, 1.807) is 0 Å². The van der Waals surface area contributed by atoms with Gasteiger partial charge in [0.05, 0.1) is 25.2 Å². The van der Waals surface area contributed by atoms with E-state index >= 15 is 0 Å². The minimum atomic E-state index is -0.889. The molecule has 0 spiro atoms. The van der Waals surface area contributed by atoms with Gasteiger partial charge in [-0.1, -0.05) is 34.1 Å². The number of aliphatic hydroxyl groups is 1. The molecule has 0 bridgehead atoms. The van der Waals surface area contributed by atoms with Crippen molar-refractivity contribution in [2.24, 2.45) is 11.8 Å². The van der Waals surface area contributed by atoms with E-state index in [-0.39, 0.29) is 12.5 Å². The number of carboxylic acids is 1. The number of rotatable bonds is 4. The second-order valence-corrected chi connectivity index (χ2v) is 5.36. The zero-order valence-electron chi connectivity index (χ0n) is 9.75. The van der Waals surface area contributed by atoms with Gasteiger partial charge in [0.1, 0.15) is 0 Å². The van der Waals surface area contributed by atoms with Gasteiger partial charge in [0.15, 0.2) is 0 Å². The number of aliphatic hydroxyl groups excluding tert-OH is 1. The number of carbonyl (C=O) groups is 1. The molecule has 0 amide bonds. The van der Waals surface area contributed by atoms with Crippen molar-refractivity contribution in [2.45, 2.75) is 12.5 Å². The lowest BCUT2D eigenvalue weighted by molar-refractivity contribution is -0.144. The van der Waals surface area contributed by atoms with E-state index in [2.05, 4.69) is 15.9 Å². The van der Waals surface area contributed by atoms with Gasteiger partial charge >= 0.3 is 5.97 Å². The van der Waals surface area contributed by atoms with Gasteiger partial charge in [0, 0.05) is 10.4 Å². The normalized spacial score (nSPS) is 25.0. The number of ether oxygens (including phenoxy) is 1. The lowest BCUT2D eigenvalue weighted by Crippen LogP contribution is -2.33. The van der Waals surface area contributed by atoms with Crippen molar-refractivity contribution in [3.8, 4) is 0 Å². The summed E-state index contributed by atoms with van der Waals surface area (Å²) < 4.78 is 6.04. The second kappa shape index (κ2) is 5.82. The molecule has 1 heterocycles. The first-order valence-corrected chi connectivity index (χ1v) is 6.61. The summed E-state index contributed by atoms with van der Waals surface area (Å²) >= 11 is 3.41. The molecule has 0 aliphatic carbocycles. The molecular weight excluding hydrogens is 300 g/mol. The Morgan fingerprint density at radius 1 is 1.44 bits per heavy atom. The van der Waals surface area contributed by atoms with E-state index in [9.17, 15) is 15.0 Å². The molecule has 0 aromatic heterocycles. The van der Waals surface area contributed by atoms with Crippen molar-refractivity contribution in [3.05, 3.63) is 34.3 Å². The Hall–Kier alpha value is -0.910. The largest absolute Gasteiger partial charge is 0.481 e. The maximum Gasteiger partial charge on any atom is 0.307 e. The highest BCUT2D eigenvalue weighted by Gasteiger charge is 2.37. The third-order valence-electron chi connectivity index (χ3n) is 3.32. The molecule has 4 nitrogen and oxygen atoms in total. The average Bonchev–Trinajstić information content (AvgIpc) is 2.74. The summed E-state index contributed by atoms with van der Waals surface area (Å²) in [5, 5.41) is 19.1. The Morgan fingerprint density at radius 3 is 2.72 bits per heavy atom.